The number of carbonyl (C=O) groups is 1. The fourth-order valence-electron chi connectivity index (χ4n) is 4.68. The van der Waals surface area contributed by atoms with Gasteiger partial charge in [-0.1, -0.05) is 13.8 Å². The summed E-state index contributed by atoms with van der Waals surface area (Å²) < 4.78 is 10.5. The Labute approximate surface area is 150 Å². The van der Waals surface area contributed by atoms with E-state index >= 15 is 0 Å². The number of hydrogen-bond acceptors (Lipinski definition) is 4. The number of amides is 1. The van der Waals surface area contributed by atoms with Crippen molar-refractivity contribution >= 4 is 5.91 Å². The molecule has 0 aliphatic carbocycles. The molecule has 2 fully saturated rings. The van der Waals surface area contributed by atoms with Gasteiger partial charge in [0.25, 0.3) is 5.91 Å². The highest BCUT2D eigenvalue weighted by atomic mass is 16.5. The van der Waals surface area contributed by atoms with Gasteiger partial charge in [-0.15, -0.1) is 0 Å². The minimum atomic E-state index is -0.0527. The molecule has 0 unspecified atom stereocenters. The van der Waals surface area contributed by atoms with Gasteiger partial charge in [0.2, 0.25) is 0 Å². The third-order valence-electron chi connectivity index (χ3n) is 5.55. The second kappa shape index (κ2) is 7.24. The van der Waals surface area contributed by atoms with Gasteiger partial charge in [-0.05, 0) is 50.3 Å². The molecule has 2 aliphatic heterocycles. The van der Waals surface area contributed by atoms with Gasteiger partial charge < -0.3 is 14.8 Å². The SMILES string of the molecule is COc1cc(OC)cc(C(=O)N[C@H]2CN3CCC[C@@]3(CC(C)C)C2)c1. The first-order valence-electron chi connectivity index (χ1n) is 9.25. The largest absolute Gasteiger partial charge is 0.497 e. The third-order valence-corrected chi connectivity index (χ3v) is 5.55. The highest BCUT2D eigenvalue weighted by Gasteiger charge is 2.48. The Balaban J connectivity index is 1.70. The lowest BCUT2D eigenvalue weighted by atomic mass is 9.84. The van der Waals surface area contributed by atoms with E-state index in [2.05, 4.69) is 24.1 Å². The average molecular weight is 346 g/mol. The molecule has 1 aromatic rings. The summed E-state index contributed by atoms with van der Waals surface area (Å²) in [4.78, 5) is 15.3. The van der Waals surface area contributed by atoms with Gasteiger partial charge in [-0.3, -0.25) is 9.69 Å². The van der Waals surface area contributed by atoms with Crippen LogP contribution < -0.4 is 14.8 Å². The molecule has 1 N–H and O–H groups in total. The van der Waals surface area contributed by atoms with Crippen molar-refractivity contribution in [3.05, 3.63) is 23.8 Å². The molecule has 0 bridgehead atoms. The van der Waals surface area contributed by atoms with Crippen molar-refractivity contribution in [3.8, 4) is 11.5 Å². The summed E-state index contributed by atoms with van der Waals surface area (Å²) in [6.07, 6.45) is 4.80. The number of methoxy groups -OCH3 is 2. The predicted molar refractivity (Wildman–Crippen MR) is 98.4 cm³/mol. The molecule has 0 spiro atoms. The van der Waals surface area contributed by atoms with Crippen LogP contribution >= 0.6 is 0 Å². The predicted octanol–water partition coefficient (Wildman–Crippen LogP) is 3.09. The Morgan fingerprint density at radius 3 is 2.56 bits per heavy atom. The molecule has 25 heavy (non-hydrogen) atoms. The maximum atomic E-state index is 12.7. The zero-order chi connectivity index (χ0) is 18.0. The van der Waals surface area contributed by atoms with Crippen molar-refractivity contribution in [2.24, 2.45) is 5.92 Å². The number of ether oxygens (including phenoxy) is 2. The molecule has 2 aliphatic rings. The first-order chi connectivity index (χ1) is 12.0. The monoisotopic (exact) mass is 346 g/mol. The molecule has 2 heterocycles. The number of benzene rings is 1. The van der Waals surface area contributed by atoms with Crippen molar-refractivity contribution in [2.75, 3.05) is 27.3 Å². The van der Waals surface area contributed by atoms with E-state index in [-0.39, 0.29) is 17.5 Å². The molecule has 2 saturated heterocycles. The molecular formula is C20H30N2O3. The van der Waals surface area contributed by atoms with Crippen LogP contribution in [0.2, 0.25) is 0 Å². The number of fused-ring (bicyclic) bond motifs is 1. The normalized spacial score (nSPS) is 25.9. The smallest absolute Gasteiger partial charge is 0.251 e. The Morgan fingerprint density at radius 1 is 1.28 bits per heavy atom. The maximum absolute atomic E-state index is 12.7. The molecule has 5 heteroatoms. The van der Waals surface area contributed by atoms with E-state index in [0.717, 1.165) is 19.5 Å². The summed E-state index contributed by atoms with van der Waals surface area (Å²) in [5, 5.41) is 3.23. The van der Waals surface area contributed by atoms with Crippen LogP contribution in [-0.2, 0) is 0 Å². The number of hydrogen-bond donors (Lipinski definition) is 1. The van der Waals surface area contributed by atoms with Crippen LogP contribution in [0.3, 0.4) is 0 Å². The van der Waals surface area contributed by atoms with Gasteiger partial charge in [-0.25, -0.2) is 0 Å². The van der Waals surface area contributed by atoms with Gasteiger partial charge in [0, 0.05) is 29.8 Å². The minimum absolute atomic E-state index is 0.0527. The highest BCUT2D eigenvalue weighted by Crippen LogP contribution is 2.43. The van der Waals surface area contributed by atoms with Gasteiger partial charge >= 0.3 is 0 Å². The van der Waals surface area contributed by atoms with Gasteiger partial charge in [0.1, 0.15) is 11.5 Å². The lowest BCUT2D eigenvalue weighted by Gasteiger charge is -2.33. The van der Waals surface area contributed by atoms with Crippen LogP contribution in [0.25, 0.3) is 0 Å². The minimum Gasteiger partial charge on any atom is -0.497 e. The Morgan fingerprint density at radius 2 is 1.96 bits per heavy atom. The Kier molecular flexibility index (Phi) is 5.23. The molecule has 5 nitrogen and oxygen atoms in total. The number of rotatable bonds is 6. The van der Waals surface area contributed by atoms with Crippen molar-refractivity contribution < 1.29 is 14.3 Å². The Bertz CT molecular complexity index is 609. The van der Waals surface area contributed by atoms with E-state index in [0.29, 0.717) is 23.0 Å². The lowest BCUT2D eigenvalue weighted by molar-refractivity contribution is 0.0937. The fourth-order valence-corrected chi connectivity index (χ4v) is 4.68. The van der Waals surface area contributed by atoms with Crippen LogP contribution in [0.1, 0.15) is 49.9 Å². The quantitative estimate of drug-likeness (QED) is 0.860. The van der Waals surface area contributed by atoms with Crippen LogP contribution in [-0.4, -0.2) is 49.7 Å². The molecule has 2 atom stereocenters. The van der Waals surface area contributed by atoms with E-state index in [1.165, 1.54) is 19.3 Å². The average Bonchev–Trinajstić information content (AvgIpc) is 3.09. The van der Waals surface area contributed by atoms with Gasteiger partial charge in [0.15, 0.2) is 0 Å². The fraction of sp³-hybridized carbons (Fsp3) is 0.650. The standard InChI is InChI=1S/C20H30N2O3/c1-14(2)11-20-6-5-7-22(20)13-16(12-20)21-19(23)15-8-17(24-3)10-18(9-15)25-4/h8-10,14,16H,5-7,11-13H2,1-4H3,(H,21,23)/t16-,20-/m1/s1. The molecule has 0 aromatic heterocycles. The van der Waals surface area contributed by atoms with E-state index in [4.69, 9.17) is 9.47 Å². The van der Waals surface area contributed by atoms with Crippen molar-refractivity contribution in [1.82, 2.24) is 10.2 Å². The number of carbonyl (C=O) groups excluding carboxylic acids is 1. The summed E-state index contributed by atoms with van der Waals surface area (Å²) in [6, 6.07) is 5.51. The van der Waals surface area contributed by atoms with Crippen molar-refractivity contribution in [1.29, 1.82) is 0 Å². The first kappa shape index (κ1) is 18.1. The zero-order valence-corrected chi connectivity index (χ0v) is 15.8. The zero-order valence-electron chi connectivity index (χ0n) is 15.8. The molecule has 0 saturated carbocycles. The van der Waals surface area contributed by atoms with Crippen LogP contribution in [0.5, 0.6) is 11.5 Å². The van der Waals surface area contributed by atoms with Crippen LogP contribution in [0.15, 0.2) is 18.2 Å². The van der Waals surface area contributed by atoms with E-state index in [9.17, 15) is 4.79 Å². The molecular weight excluding hydrogens is 316 g/mol. The second-order valence-electron chi connectivity index (χ2n) is 7.85. The summed E-state index contributed by atoms with van der Waals surface area (Å²) in [5.74, 6) is 1.89. The van der Waals surface area contributed by atoms with E-state index < -0.39 is 0 Å². The molecule has 138 valence electrons. The number of nitrogens with zero attached hydrogens (tertiary/aromatic N) is 1. The maximum Gasteiger partial charge on any atom is 0.251 e. The highest BCUT2D eigenvalue weighted by molar-refractivity contribution is 5.95. The van der Waals surface area contributed by atoms with Crippen LogP contribution in [0, 0.1) is 5.92 Å². The summed E-state index contributed by atoms with van der Waals surface area (Å²) in [6.45, 7) is 6.70. The summed E-state index contributed by atoms with van der Waals surface area (Å²) in [7, 11) is 3.19. The topological polar surface area (TPSA) is 50.8 Å². The van der Waals surface area contributed by atoms with Gasteiger partial charge in [0.05, 0.1) is 14.2 Å². The van der Waals surface area contributed by atoms with E-state index in [1.54, 1.807) is 32.4 Å². The molecule has 0 radical (unpaired) electrons. The third kappa shape index (κ3) is 3.76. The second-order valence-corrected chi connectivity index (χ2v) is 7.85. The van der Waals surface area contributed by atoms with Crippen LogP contribution in [0.4, 0.5) is 0 Å². The Hall–Kier alpha value is -1.75. The van der Waals surface area contributed by atoms with E-state index in [1.807, 2.05) is 0 Å². The summed E-state index contributed by atoms with van der Waals surface area (Å²) in [5.41, 5.74) is 0.874. The summed E-state index contributed by atoms with van der Waals surface area (Å²) >= 11 is 0. The lowest BCUT2D eigenvalue weighted by Crippen LogP contribution is -2.39. The van der Waals surface area contributed by atoms with Gasteiger partial charge in [-0.2, -0.15) is 0 Å². The molecule has 1 aromatic carbocycles. The van der Waals surface area contributed by atoms with Crippen molar-refractivity contribution in [2.45, 2.75) is 51.1 Å². The van der Waals surface area contributed by atoms with Crippen molar-refractivity contribution in [3.63, 3.8) is 0 Å². The molecule has 3 rings (SSSR count). The first-order valence-corrected chi connectivity index (χ1v) is 9.25. The number of nitrogens with one attached hydrogen (secondary N) is 1. The molecule has 1 amide bonds.